The summed E-state index contributed by atoms with van der Waals surface area (Å²) in [5.41, 5.74) is 1.82. The first-order valence-corrected chi connectivity index (χ1v) is 16.1. The van der Waals surface area contributed by atoms with Crippen molar-refractivity contribution in [1.29, 1.82) is 0 Å². The second-order valence-corrected chi connectivity index (χ2v) is 12.9. The Morgan fingerprint density at radius 2 is 0.810 bits per heavy atom. The zero-order valence-corrected chi connectivity index (χ0v) is 25.2. The van der Waals surface area contributed by atoms with Gasteiger partial charge in [-0.15, -0.1) is 24.4 Å². The topological polar surface area (TPSA) is 27.7 Å². The number of hydrogen-bond donors (Lipinski definition) is 0. The standard InChI is InChI=1S/C33H36BF4O3Si/c1-4-39-42(40-5-2,41-6-3)33-31(37)29(35)28(30(36)32(33)38)34(22-25-16-10-7-11-17-25,23-26-18-12-8-13-19-26)24-27-20-14-9-15-21-27/h7-21H,4-6,22-24H2,1-3H3/q-1. The van der Waals surface area contributed by atoms with Crippen molar-refractivity contribution in [3.63, 3.8) is 0 Å². The molecule has 0 spiro atoms. The zero-order valence-electron chi connectivity index (χ0n) is 24.2. The molecule has 0 saturated carbocycles. The van der Waals surface area contributed by atoms with Crippen molar-refractivity contribution in [2.45, 2.75) is 39.7 Å². The van der Waals surface area contributed by atoms with Crippen molar-refractivity contribution in [2.75, 3.05) is 19.8 Å². The lowest BCUT2D eigenvalue weighted by Crippen LogP contribution is -2.64. The van der Waals surface area contributed by atoms with Crippen LogP contribution in [0.1, 0.15) is 37.5 Å². The summed E-state index contributed by atoms with van der Waals surface area (Å²) in [5.74, 6) is -5.96. The van der Waals surface area contributed by atoms with Crippen molar-refractivity contribution < 1.29 is 30.8 Å². The third kappa shape index (κ3) is 6.70. The molecular weight excluding hydrogens is 559 g/mol. The molecule has 4 rings (SSSR count). The Morgan fingerprint density at radius 3 is 1.10 bits per heavy atom. The Balaban J connectivity index is 2.05. The average Bonchev–Trinajstić information content (AvgIpc) is 2.98. The lowest BCUT2D eigenvalue weighted by molar-refractivity contribution is 0.0840. The number of hydrogen-bond acceptors (Lipinski definition) is 3. The average molecular weight is 596 g/mol. The van der Waals surface area contributed by atoms with Crippen molar-refractivity contribution in [3.8, 4) is 0 Å². The lowest BCUT2D eigenvalue weighted by atomic mass is 9.15. The SMILES string of the molecule is CCO[Si](OCC)(OCC)c1c(F)c(F)c([B-](Cc2ccccc2)(Cc2ccccc2)Cc2ccccc2)c(F)c1F. The van der Waals surface area contributed by atoms with Gasteiger partial charge in [-0.2, -0.15) is 0 Å². The summed E-state index contributed by atoms with van der Waals surface area (Å²) >= 11 is 0. The molecule has 4 aromatic rings. The Kier molecular flexibility index (Phi) is 10.8. The first-order valence-electron chi connectivity index (χ1n) is 14.4. The molecule has 0 aliphatic carbocycles. The summed E-state index contributed by atoms with van der Waals surface area (Å²) < 4.78 is 83.0. The van der Waals surface area contributed by atoms with Crippen LogP contribution in [0, 0.1) is 23.3 Å². The zero-order chi connectivity index (χ0) is 30.2. The fraction of sp³-hybridized carbons (Fsp3) is 0.273. The minimum absolute atomic E-state index is 0.0278. The molecule has 4 aromatic carbocycles. The van der Waals surface area contributed by atoms with E-state index in [-0.39, 0.29) is 38.8 Å². The minimum Gasteiger partial charge on any atom is -0.370 e. The van der Waals surface area contributed by atoms with Gasteiger partial charge in [0.2, 0.25) is 0 Å². The van der Waals surface area contributed by atoms with Gasteiger partial charge >= 0.3 is 8.80 Å². The number of halogens is 4. The van der Waals surface area contributed by atoms with Crippen molar-refractivity contribution in [1.82, 2.24) is 0 Å². The third-order valence-electron chi connectivity index (χ3n) is 7.63. The van der Waals surface area contributed by atoms with Crippen LogP contribution < -0.4 is 10.6 Å². The Labute approximate surface area is 246 Å². The first-order chi connectivity index (χ1) is 20.3. The van der Waals surface area contributed by atoms with Crippen LogP contribution >= 0.6 is 0 Å². The summed E-state index contributed by atoms with van der Waals surface area (Å²) in [7, 11) is -4.35. The van der Waals surface area contributed by atoms with Crippen LogP contribution in [0.3, 0.4) is 0 Å². The van der Waals surface area contributed by atoms with E-state index in [1.807, 2.05) is 91.0 Å². The van der Waals surface area contributed by atoms with Crippen molar-refractivity contribution >= 4 is 25.6 Å². The van der Waals surface area contributed by atoms with E-state index in [9.17, 15) is 0 Å². The highest BCUT2D eigenvalue weighted by molar-refractivity contribution is 6.90. The quantitative estimate of drug-likeness (QED) is 0.0947. The third-order valence-corrected chi connectivity index (χ3v) is 10.7. The molecule has 0 aromatic heterocycles. The molecule has 0 heterocycles. The van der Waals surface area contributed by atoms with Crippen LogP contribution in [-0.2, 0) is 32.2 Å². The largest absolute Gasteiger partial charge is 0.543 e. The van der Waals surface area contributed by atoms with E-state index in [4.69, 9.17) is 13.3 Å². The second-order valence-electron chi connectivity index (χ2n) is 10.4. The molecule has 0 N–H and O–H groups in total. The fourth-order valence-corrected chi connectivity index (χ4v) is 8.67. The Bertz CT molecular complexity index is 1290. The van der Waals surface area contributed by atoms with Gasteiger partial charge in [-0.1, -0.05) is 108 Å². The monoisotopic (exact) mass is 595 g/mol. The second kappa shape index (κ2) is 14.3. The van der Waals surface area contributed by atoms with E-state index in [1.165, 1.54) is 0 Å². The van der Waals surface area contributed by atoms with E-state index in [0.717, 1.165) is 16.7 Å². The molecule has 9 heteroatoms. The van der Waals surface area contributed by atoms with Gasteiger partial charge < -0.3 is 13.3 Å². The van der Waals surface area contributed by atoms with Crippen LogP contribution in [0.15, 0.2) is 91.0 Å². The van der Waals surface area contributed by atoms with Crippen LogP contribution in [0.4, 0.5) is 17.6 Å². The first kappa shape index (κ1) is 31.7. The van der Waals surface area contributed by atoms with Gasteiger partial charge in [0.1, 0.15) is 11.6 Å². The van der Waals surface area contributed by atoms with E-state index in [2.05, 4.69) is 0 Å². The maximum absolute atomic E-state index is 16.6. The van der Waals surface area contributed by atoms with E-state index < -0.39 is 48.9 Å². The van der Waals surface area contributed by atoms with Gasteiger partial charge in [0.15, 0.2) is 11.6 Å². The molecule has 0 amide bonds. The lowest BCUT2D eigenvalue weighted by Gasteiger charge is -2.42. The number of rotatable bonds is 14. The van der Waals surface area contributed by atoms with Crippen LogP contribution in [0.25, 0.3) is 0 Å². The molecule has 0 bridgehead atoms. The fourth-order valence-electron chi connectivity index (χ4n) is 6.09. The molecule has 0 unspecified atom stereocenters. The molecule has 0 atom stereocenters. The molecule has 0 aliphatic heterocycles. The summed E-state index contributed by atoms with van der Waals surface area (Å²) in [5, 5.41) is -0.935. The van der Waals surface area contributed by atoms with Gasteiger partial charge in [0, 0.05) is 26.0 Å². The highest BCUT2D eigenvalue weighted by Crippen LogP contribution is 2.28. The van der Waals surface area contributed by atoms with Crippen LogP contribution in [0.5, 0.6) is 0 Å². The van der Waals surface area contributed by atoms with Gasteiger partial charge in [-0.3, -0.25) is 0 Å². The highest BCUT2D eigenvalue weighted by Gasteiger charge is 2.51. The predicted octanol–water partition coefficient (Wildman–Crippen LogP) is 6.50. The molecule has 42 heavy (non-hydrogen) atoms. The minimum atomic E-state index is -4.35. The van der Waals surface area contributed by atoms with E-state index in [0.29, 0.717) is 0 Å². The van der Waals surface area contributed by atoms with Gasteiger partial charge in [0.25, 0.3) is 0 Å². The van der Waals surface area contributed by atoms with Gasteiger partial charge in [-0.25, -0.2) is 17.6 Å². The highest BCUT2D eigenvalue weighted by atomic mass is 28.4. The van der Waals surface area contributed by atoms with Crippen molar-refractivity contribution in [3.05, 3.63) is 131 Å². The maximum Gasteiger partial charge on any atom is 0.543 e. The van der Waals surface area contributed by atoms with Crippen molar-refractivity contribution in [2.24, 2.45) is 0 Å². The van der Waals surface area contributed by atoms with Crippen LogP contribution in [-0.4, -0.2) is 34.8 Å². The van der Waals surface area contributed by atoms with E-state index in [1.54, 1.807) is 20.8 Å². The molecule has 222 valence electrons. The smallest absolute Gasteiger partial charge is 0.370 e. The Hall–Kier alpha value is -3.24. The summed E-state index contributed by atoms with van der Waals surface area (Å²) in [6, 6.07) is 27.7. The van der Waals surface area contributed by atoms with Gasteiger partial charge in [0.05, 0.1) is 5.19 Å². The Morgan fingerprint density at radius 1 is 0.500 bits per heavy atom. The molecule has 0 saturated heterocycles. The maximum atomic E-state index is 16.6. The molecule has 0 fully saturated rings. The normalized spacial score (nSPS) is 12.1. The molecular formula is C33H36BF4O3Si-. The molecule has 3 nitrogen and oxygen atoms in total. The van der Waals surface area contributed by atoms with Crippen LogP contribution in [0.2, 0.25) is 0 Å². The molecule has 0 aliphatic rings. The summed E-state index contributed by atoms with van der Waals surface area (Å²) in [6.45, 7) is 4.72. The molecule has 0 radical (unpaired) electrons. The summed E-state index contributed by atoms with van der Waals surface area (Å²) in [6.07, 6.45) is -1.81. The van der Waals surface area contributed by atoms with E-state index >= 15 is 17.6 Å². The number of benzene rings is 4. The summed E-state index contributed by atoms with van der Waals surface area (Å²) in [4.78, 5) is 0. The predicted molar refractivity (Wildman–Crippen MR) is 162 cm³/mol. The van der Waals surface area contributed by atoms with Gasteiger partial charge in [-0.05, 0) is 20.8 Å².